The van der Waals surface area contributed by atoms with E-state index in [0.717, 1.165) is 6.07 Å². The summed E-state index contributed by atoms with van der Waals surface area (Å²) in [6.45, 7) is 2.00. The first-order valence-corrected chi connectivity index (χ1v) is 6.64. The highest BCUT2D eigenvalue weighted by Gasteiger charge is 2.34. The lowest BCUT2D eigenvalue weighted by Gasteiger charge is -2.35. The molecule has 2 rings (SSSR count). The minimum Gasteiger partial charge on any atom is -0.314 e. The molecule has 1 atom stereocenters. The van der Waals surface area contributed by atoms with Gasteiger partial charge in [-0.05, 0) is 12.1 Å². The van der Waals surface area contributed by atoms with Gasteiger partial charge in [0.2, 0.25) is 0 Å². The van der Waals surface area contributed by atoms with Crippen molar-refractivity contribution in [3.63, 3.8) is 0 Å². The molecular formula is C12H15Cl4F3N2. The molecule has 1 aliphatic rings. The van der Waals surface area contributed by atoms with Crippen LogP contribution in [-0.2, 0) is 0 Å². The second kappa shape index (κ2) is 9.28. The van der Waals surface area contributed by atoms with Crippen molar-refractivity contribution in [1.82, 2.24) is 10.2 Å². The number of rotatable bonds is 3. The Hall–Kier alpha value is 0.0900. The van der Waals surface area contributed by atoms with Gasteiger partial charge in [-0.2, -0.15) is 0 Å². The van der Waals surface area contributed by atoms with E-state index < -0.39 is 18.3 Å². The number of hydrogen-bond donors (Lipinski definition) is 1. The number of alkyl halides is 2. The average molecular weight is 386 g/mol. The van der Waals surface area contributed by atoms with Crippen molar-refractivity contribution in [1.29, 1.82) is 0 Å². The van der Waals surface area contributed by atoms with E-state index in [4.69, 9.17) is 23.2 Å². The topological polar surface area (TPSA) is 15.3 Å². The number of benzene rings is 1. The maximum Gasteiger partial charge on any atom is 0.258 e. The zero-order valence-electron chi connectivity index (χ0n) is 10.8. The van der Waals surface area contributed by atoms with Gasteiger partial charge >= 0.3 is 0 Å². The number of nitrogens with zero attached hydrogens (tertiary/aromatic N) is 1. The van der Waals surface area contributed by atoms with Gasteiger partial charge in [0, 0.05) is 31.7 Å². The molecule has 0 radical (unpaired) electrons. The van der Waals surface area contributed by atoms with Crippen molar-refractivity contribution >= 4 is 48.0 Å². The molecule has 1 aliphatic heterocycles. The Labute approximate surface area is 143 Å². The van der Waals surface area contributed by atoms with Crippen LogP contribution in [0.15, 0.2) is 12.1 Å². The molecule has 1 aromatic rings. The van der Waals surface area contributed by atoms with Gasteiger partial charge in [-0.3, -0.25) is 4.90 Å². The van der Waals surface area contributed by atoms with Gasteiger partial charge in [0.15, 0.2) is 0 Å². The first-order valence-electron chi connectivity index (χ1n) is 5.88. The molecule has 9 heteroatoms. The quantitative estimate of drug-likeness (QED) is 0.785. The van der Waals surface area contributed by atoms with Crippen LogP contribution >= 0.6 is 48.0 Å². The summed E-state index contributed by atoms with van der Waals surface area (Å²) < 4.78 is 40.5. The minimum atomic E-state index is -2.73. The highest BCUT2D eigenvalue weighted by molar-refractivity contribution is 6.42. The Morgan fingerprint density at radius 1 is 1.10 bits per heavy atom. The Morgan fingerprint density at radius 3 is 2.19 bits per heavy atom. The first-order chi connectivity index (χ1) is 9.02. The van der Waals surface area contributed by atoms with E-state index in [1.54, 1.807) is 0 Å². The highest BCUT2D eigenvalue weighted by atomic mass is 35.5. The van der Waals surface area contributed by atoms with Gasteiger partial charge in [0.1, 0.15) is 11.9 Å². The average Bonchev–Trinajstić information content (AvgIpc) is 2.39. The standard InChI is InChI=1S/C12H13Cl2F3N2.2ClH/c13-7-1-2-8(15)9(10(7)14)11(12(16)17)19-5-3-18-4-6-19;;/h1-2,11-12,18H,3-6H2;2*1H/t11-;;/m0../s1. The molecule has 1 heterocycles. The van der Waals surface area contributed by atoms with Gasteiger partial charge in [0.05, 0.1) is 10.0 Å². The van der Waals surface area contributed by atoms with Gasteiger partial charge < -0.3 is 5.32 Å². The molecule has 122 valence electrons. The Kier molecular flexibility index (Phi) is 9.32. The van der Waals surface area contributed by atoms with Crippen molar-refractivity contribution < 1.29 is 13.2 Å². The molecule has 0 unspecified atom stereocenters. The normalized spacial score (nSPS) is 17.0. The third-order valence-electron chi connectivity index (χ3n) is 3.16. The zero-order chi connectivity index (χ0) is 14.0. The van der Waals surface area contributed by atoms with Crippen molar-refractivity contribution in [2.45, 2.75) is 12.5 Å². The molecule has 0 saturated carbocycles. The monoisotopic (exact) mass is 384 g/mol. The lowest BCUT2D eigenvalue weighted by molar-refractivity contribution is 0.0164. The van der Waals surface area contributed by atoms with E-state index in [1.807, 2.05) is 0 Å². The van der Waals surface area contributed by atoms with E-state index in [9.17, 15) is 13.2 Å². The zero-order valence-corrected chi connectivity index (χ0v) is 13.9. The van der Waals surface area contributed by atoms with E-state index in [0.29, 0.717) is 26.2 Å². The second-order valence-electron chi connectivity index (χ2n) is 4.32. The molecule has 21 heavy (non-hydrogen) atoms. The van der Waals surface area contributed by atoms with Crippen LogP contribution in [0.2, 0.25) is 10.0 Å². The summed E-state index contributed by atoms with van der Waals surface area (Å²) in [5.41, 5.74) is -0.217. The van der Waals surface area contributed by atoms with Gasteiger partial charge in [-0.25, -0.2) is 13.2 Å². The lowest BCUT2D eigenvalue weighted by Crippen LogP contribution is -2.47. The fraction of sp³-hybridized carbons (Fsp3) is 0.500. The summed E-state index contributed by atoms with van der Waals surface area (Å²) in [6, 6.07) is 0.970. The van der Waals surface area contributed by atoms with Crippen LogP contribution in [0.1, 0.15) is 11.6 Å². The van der Waals surface area contributed by atoms with Crippen LogP contribution in [-0.4, -0.2) is 37.5 Å². The van der Waals surface area contributed by atoms with Gasteiger partial charge in [0.25, 0.3) is 6.43 Å². The third kappa shape index (κ3) is 4.78. The number of piperazine rings is 1. The van der Waals surface area contributed by atoms with Crippen LogP contribution < -0.4 is 5.32 Å². The van der Waals surface area contributed by atoms with Gasteiger partial charge in [-0.1, -0.05) is 23.2 Å². The fourth-order valence-electron chi connectivity index (χ4n) is 2.24. The second-order valence-corrected chi connectivity index (χ2v) is 5.11. The number of halogens is 7. The summed E-state index contributed by atoms with van der Waals surface area (Å²) in [4.78, 5) is 1.53. The van der Waals surface area contributed by atoms with Crippen LogP contribution in [0.3, 0.4) is 0 Å². The summed E-state index contributed by atoms with van der Waals surface area (Å²) in [6.07, 6.45) is -2.73. The summed E-state index contributed by atoms with van der Waals surface area (Å²) in [5, 5.41) is 3.01. The molecule has 0 aromatic heterocycles. The van der Waals surface area contributed by atoms with E-state index >= 15 is 0 Å². The molecule has 2 nitrogen and oxygen atoms in total. The largest absolute Gasteiger partial charge is 0.314 e. The number of hydrogen-bond acceptors (Lipinski definition) is 2. The van der Waals surface area contributed by atoms with Crippen LogP contribution in [0.4, 0.5) is 13.2 Å². The Balaban J connectivity index is 0.00000200. The molecule has 0 bridgehead atoms. The van der Waals surface area contributed by atoms with Crippen molar-refractivity contribution in [2.24, 2.45) is 0 Å². The molecule has 0 amide bonds. The highest BCUT2D eigenvalue weighted by Crippen LogP contribution is 2.38. The molecule has 0 aliphatic carbocycles. The maximum atomic E-state index is 13.9. The molecular weight excluding hydrogens is 371 g/mol. The predicted molar refractivity (Wildman–Crippen MR) is 84.1 cm³/mol. The van der Waals surface area contributed by atoms with Crippen molar-refractivity contribution in [2.75, 3.05) is 26.2 Å². The summed E-state index contributed by atoms with van der Waals surface area (Å²) >= 11 is 11.7. The lowest BCUT2D eigenvalue weighted by atomic mass is 10.0. The fourth-order valence-corrected chi connectivity index (χ4v) is 2.67. The van der Waals surface area contributed by atoms with Crippen LogP contribution in [0.25, 0.3) is 0 Å². The molecule has 1 aromatic carbocycles. The number of nitrogens with one attached hydrogen (secondary N) is 1. The van der Waals surface area contributed by atoms with E-state index in [2.05, 4.69) is 5.32 Å². The molecule has 1 fully saturated rings. The Bertz CT molecular complexity index is 456. The summed E-state index contributed by atoms with van der Waals surface area (Å²) in [7, 11) is 0. The van der Waals surface area contributed by atoms with Gasteiger partial charge in [-0.15, -0.1) is 24.8 Å². The first kappa shape index (κ1) is 21.1. The smallest absolute Gasteiger partial charge is 0.258 e. The maximum absolute atomic E-state index is 13.9. The third-order valence-corrected chi connectivity index (χ3v) is 3.98. The van der Waals surface area contributed by atoms with E-state index in [-0.39, 0.29) is 40.4 Å². The predicted octanol–water partition coefficient (Wildman–Crippen LogP) is 4.19. The van der Waals surface area contributed by atoms with Crippen LogP contribution in [0, 0.1) is 5.82 Å². The van der Waals surface area contributed by atoms with E-state index in [1.165, 1.54) is 11.0 Å². The minimum absolute atomic E-state index is 0. The van der Waals surface area contributed by atoms with Crippen molar-refractivity contribution in [3.8, 4) is 0 Å². The Morgan fingerprint density at radius 2 is 1.67 bits per heavy atom. The van der Waals surface area contributed by atoms with Crippen molar-refractivity contribution in [3.05, 3.63) is 33.6 Å². The molecule has 1 N–H and O–H groups in total. The SMILES string of the molecule is Cl.Cl.Fc1ccc(Cl)c(Cl)c1[C@@H](C(F)F)N1CCNCC1. The molecule has 0 spiro atoms. The van der Waals surface area contributed by atoms with Crippen LogP contribution in [0.5, 0.6) is 0 Å². The summed E-state index contributed by atoms with van der Waals surface area (Å²) in [5.74, 6) is -0.752. The molecule has 1 saturated heterocycles.